The average Bonchev–Trinajstić information content (AvgIpc) is 2.47. The normalized spacial score (nSPS) is 17.8. The molecule has 112 valence electrons. The third kappa shape index (κ3) is 3.53. The fourth-order valence-corrected chi connectivity index (χ4v) is 3.27. The zero-order valence-electron chi connectivity index (χ0n) is 13.1. The van der Waals surface area contributed by atoms with Crippen LogP contribution in [0.4, 0.5) is 0 Å². The fourth-order valence-electron chi connectivity index (χ4n) is 3.27. The van der Waals surface area contributed by atoms with Crippen LogP contribution in [0.2, 0.25) is 0 Å². The van der Waals surface area contributed by atoms with Crippen molar-refractivity contribution in [3.05, 3.63) is 29.3 Å². The maximum Gasteiger partial charge on any atom is 0.122 e. The van der Waals surface area contributed by atoms with Crippen LogP contribution in [-0.4, -0.2) is 47.1 Å². The van der Waals surface area contributed by atoms with Gasteiger partial charge in [0.15, 0.2) is 0 Å². The Kier molecular flexibility index (Phi) is 5.44. The Bertz CT molecular complexity index is 421. The molecule has 0 unspecified atom stereocenters. The summed E-state index contributed by atoms with van der Waals surface area (Å²) in [6.45, 7) is 11.9. The Labute approximate surface area is 123 Å². The van der Waals surface area contributed by atoms with Crippen molar-refractivity contribution >= 4 is 0 Å². The van der Waals surface area contributed by atoms with Crippen LogP contribution in [0.3, 0.4) is 0 Å². The average molecular weight is 276 g/mol. The monoisotopic (exact) mass is 276 g/mol. The first-order chi connectivity index (χ1) is 9.65. The molecule has 0 aliphatic carbocycles. The van der Waals surface area contributed by atoms with Crippen LogP contribution in [0, 0.1) is 6.92 Å². The molecule has 1 fully saturated rings. The van der Waals surface area contributed by atoms with Gasteiger partial charge in [-0.3, -0.25) is 4.90 Å². The van der Waals surface area contributed by atoms with E-state index in [9.17, 15) is 5.11 Å². The van der Waals surface area contributed by atoms with Gasteiger partial charge in [0.2, 0.25) is 0 Å². The molecule has 1 heterocycles. The lowest BCUT2D eigenvalue weighted by Gasteiger charge is -2.37. The highest BCUT2D eigenvalue weighted by atomic mass is 16.3. The van der Waals surface area contributed by atoms with Crippen molar-refractivity contribution in [1.29, 1.82) is 0 Å². The lowest BCUT2D eigenvalue weighted by Crippen LogP contribution is -2.44. The Morgan fingerprint density at radius 2 is 1.85 bits per heavy atom. The Hall–Kier alpha value is -1.06. The summed E-state index contributed by atoms with van der Waals surface area (Å²) < 4.78 is 0. The summed E-state index contributed by atoms with van der Waals surface area (Å²) in [6.07, 6.45) is 2.49. The summed E-state index contributed by atoms with van der Waals surface area (Å²) in [5, 5.41) is 10.1. The van der Waals surface area contributed by atoms with Gasteiger partial charge < -0.3 is 10.0 Å². The summed E-state index contributed by atoms with van der Waals surface area (Å²) in [7, 11) is 0. The van der Waals surface area contributed by atoms with Crippen molar-refractivity contribution in [3.8, 4) is 5.75 Å². The molecule has 1 N–H and O–H groups in total. The van der Waals surface area contributed by atoms with Crippen molar-refractivity contribution in [2.45, 2.75) is 46.2 Å². The summed E-state index contributed by atoms with van der Waals surface area (Å²) in [5.41, 5.74) is 2.03. The van der Waals surface area contributed by atoms with E-state index >= 15 is 0 Å². The molecule has 0 radical (unpaired) electrons. The molecule has 0 saturated carbocycles. The standard InChI is InChI=1S/C17H28N2O/c1-4-19(5-2)16-9-11-18(12-10-16)13-15-8-6-7-14(3)17(15)20/h6-8,16,20H,4-5,9-13H2,1-3H3. The van der Waals surface area contributed by atoms with E-state index in [1.54, 1.807) is 0 Å². The van der Waals surface area contributed by atoms with Crippen LogP contribution in [-0.2, 0) is 6.54 Å². The summed E-state index contributed by atoms with van der Waals surface area (Å²) in [5.74, 6) is 0.471. The molecule has 1 aromatic carbocycles. The zero-order valence-corrected chi connectivity index (χ0v) is 13.1. The van der Waals surface area contributed by atoms with Crippen molar-refractivity contribution in [2.24, 2.45) is 0 Å². The SMILES string of the molecule is CCN(CC)C1CCN(Cc2cccc(C)c2O)CC1. The number of aromatic hydroxyl groups is 1. The number of rotatable bonds is 5. The molecular weight excluding hydrogens is 248 g/mol. The van der Waals surface area contributed by atoms with Crippen LogP contribution in [0.5, 0.6) is 5.75 Å². The first kappa shape index (κ1) is 15.3. The topological polar surface area (TPSA) is 26.7 Å². The number of hydrogen-bond donors (Lipinski definition) is 1. The molecule has 2 rings (SSSR count). The molecule has 20 heavy (non-hydrogen) atoms. The highest BCUT2D eigenvalue weighted by Crippen LogP contribution is 2.25. The van der Waals surface area contributed by atoms with Crippen LogP contribution in [0.25, 0.3) is 0 Å². The van der Waals surface area contributed by atoms with Crippen molar-refractivity contribution in [2.75, 3.05) is 26.2 Å². The lowest BCUT2D eigenvalue weighted by molar-refractivity contribution is 0.112. The third-order valence-corrected chi connectivity index (χ3v) is 4.60. The van der Waals surface area contributed by atoms with E-state index in [0.717, 1.165) is 49.9 Å². The van der Waals surface area contributed by atoms with Crippen molar-refractivity contribution in [1.82, 2.24) is 9.80 Å². The summed E-state index contributed by atoms with van der Waals surface area (Å²) in [4.78, 5) is 5.04. The number of aryl methyl sites for hydroxylation is 1. The van der Waals surface area contributed by atoms with Crippen LogP contribution >= 0.6 is 0 Å². The Balaban J connectivity index is 1.90. The number of piperidine rings is 1. The first-order valence-electron chi connectivity index (χ1n) is 7.89. The number of likely N-dealkylation sites (tertiary alicyclic amines) is 1. The van der Waals surface area contributed by atoms with Gasteiger partial charge in [-0.1, -0.05) is 32.0 Å². The number of phenols is 1. The van der Waals surface area contributed by atoms with Gasteiger partial charge in [-0.25, -0.2) is 0 Å². The number of benzene rings is 1. The second-order valence-electron chi connectivity index (χ2n) is 5.81. The molecule has 1 aliphatic rings. The summed E-state index contributed by atoms with van der Waals surface area (Å²) >= 11 is 0. The molecule has 3 heteroatoms. The van der Waals surface area contributed by atoms with Crippen LogP contribution < -0.4 is 0 Å². The Morgan fingerprint density at radius 3 is 2.45 bits per heavy atom. The third-order valence-electron chi connectivity index (χ3n) is 4.60. The quantitative estimate of drug-likeness (QED) is 0.895. The Morgan fingerprint density at radius 1 is 1.20 bits per heavy atom. The molecule has 3 nitrogen and oxygen atoms in total. The van der Waals surface area contributed by atoms with E-state index in [0.29, 0.717) is 5.75 Å². The molecule has 0 bridgehead atoms. The molecule has 0 atom stereocenters. The van der Waals surface area contributed by atoms with Crippen LogP contribution in [0.1, 0.15) is 37.8 Å². The lowest BCUT2D eigenvalue weighted by atomic mass is 10.0. The molecule has 1 aliphatic heterocycles. The molecule has 0 aromatic heterocycles. The van der Waals surface area contributed by atoms with E-state index < -0.39 is 0 Å². The smallest absolute Gasteiger partial charge is 0.122 e. The fraction of sp³-hybridized carbons (Fsp3) is 0.647. The summed E-state index contributed by atoms with van der Waals surface area (Å²) in [6, 6.07) is 6.78. The van der Waals surface area contributed by atoms with E-state index in [-0.39, 0.29) is 0 Å². The minimum Gasteiger partial charge on any atom is -0.507 e. The first-order valence-corrected chi connectivity index (χ1v) is 7.89. The number of nitrogens with zero attached hydrogens (tertiary/aromatic N) is 2. The van der Waals surface area contributed by atoms with Gasteiger partial charge in [-0.15, -0.1) is 0 Å². The molecular formula is C17H28N2O. The van der Waals surface area contributed by atoms with E-state index in [2.05, 4.69) is 23.6 Å². The minimum atomic E-state index is 0.471. The predicted molar refractivity (Wildman–Crippen MR) is 84.1 cm³/mol. The van der Waals surface area contributed by atoms with E-state index in [4.69, 9.17) is 0 Å². The van der Waals surface area contributed by atoms with Gasteiger partial charge in [0.05, 0.1) is 0 Å². The van der Waals surface area contributed by atoms with Crippen molar-refractivity contribution in [3.63, 3.8) is 0 Å². The van der Waals surface area contributed by atoms with E-state index in [1.807, 2.05) is 25.1 Å². The number of hydrogen-bond acceptors (Lipinski definition) is 3. The molecule has 0 amide bonds. The van der Waals surface area contributed by atoms with Gasteiger partial charge in [-0.05, 0) is 51.5 Å². The molecule has 0 spiro atoms. The molecule has 1 saturated heterocycles. The minimum absolute atomic E-state index is 0.471. The highest BCUT2D eigenvalue weighted by Gasteiger charge is 2.23. The van der Waals surface area contributed by atoms with Gasteiger partial charge in [0.1, 0.15) is 5.75 Å². The predicted octanol–water partition coefficient (Wildman–Crippen LogP) is 3.01. The van der Waals surface area contributed by atoms with Gasteiger partial charge >= 0.3 is 0 Å². The maximum absolute atomic E-state index is 10.1. The van der Waals surface area contributed by atoms with E-state index in [1.165, 1.54) is 12.8 Å². The number of phenolic OH excluding ortho intramolecular Hbond substituents is 1. The van der Waals surface area contributed by atoms with Gasteiger partial charge in [-0.2, -0.15) is 0 Å². The van der Waals surface area contributed by atoms with Crippen molar-refractivity contribution < 1.29 is 5.11 Å². The zero-order chi connectivity index (χ0) is 14.5. The second-order valence-corrected chi connectivity index (χ2v) is 5.81. The van der Waals surface area contributed by atoms with Gasteiger partial charge in [0, 0.05) is 18.2 Å². The second kappa shape index (κ2) is 7.09. The highest BCUT2D eigenvalue weighted by molar-refractivity contribution is 5.39. The van der Waals surface area contributed by atoms with Gasteiger partial charge in [0.25, 0.3) is 0 Å². The molecule has 1 aromatic rings. The maximum atomic E-state index is 10.1. The number of para-hydroxylation sites is 1. The van der Waals surface area contributed by atoms with Crippen LogP contribution in [0.15, 0.2) is 18.2 Å². The largest absolute Gasteiger partial charge is 0.507 e.